The van der Waals surface area contributed by atoms with Gasteiger partial charge in [0.2, 0.25) is 0 Å². The zero-order chi connectivity index (χ0) is 38.3. The fourth-order valence-corrected chi connectivity index (χ4v) is 10.3. The number of carboxylic acids is 1. The Morgan fingerprint density at radius 2 is 1.94 bits per heavy atom. The maximum Gasteiger partial charge on any atom is 0.311 e. The van der Waals surface area contributed by atoms with Gasteiger partial charge in [0.25, 0.3) is 5.56 Å². The van der Waals surface area contributed by atoms with E-state index in [4.69, 9.17) is 33.9 Å². The Morgan fingerprint density at radius 3 is 2.66 bits per heavy atom. The lowest BCUT2D eigenvalue weighted by molar-refractivity contribution is -0.217. The number of nitrogens with one attached hydrogen (secondary N) is 2. The van der Waals surface area contributed by atoms with Crippen molar-refractivity contribution in [3.05, 3.63) is 27.4 Å². The van der Waals surface area contributed by atoms with Crippen LogP contribution < -0.4 is 16.2 Å². The van der Waals surface area contributed by atoms with Crippen molar-refractivity contribution in [3.63, 3.8) is 0 Å². The average Bonchev–Trinajstić information content (AvgIpc) is 3.16. The second-order valence-electron chi connectivity index (χ2n) is 16.5. The minimum atomic E-state index is -2.52. The maximum absolute atomic E-state index is 14.1. The summed E-state index contributed by atoms with van der Waals surface area (Å²) in [6, 6.07) is -0.192. The van der Waals surface area contributed by atoms with Crippen LogP contribution in [0.5, 0.6) is 0 Å². The van der Waals surface area contributed by atoms with Crippen LogP contribution in [0.2, 0.25) is 0 Å². The first-order valence-electron chi connectivity index (χ1n) is 19.9. The zero-order valence-electron chi connectivity index (χ0n) is 32.0. The monoisotopic (exact) mass is 779 g/mol. The molecule has 1 aromatic rings. The molecule has 2 saturated heterocycles. The highest BCUT2D eigenvalue weighted by Crippen LogP contribution is 2.40. The van der Waals surface area contributed by atoms with Crippen LogP contribution in [0.25, 0.3) is 0 Å². The van der Waals surface area contributed by atoms with E-state index in [2.05, 4.69) is 30.2 Å². The van der Waals surface area contributed by atoms with E-state index >= 15 is 0 Å². The van der Waals surface area contributed by atoms with Gasteiger partial charge < -0.3 is 30.1 Å². The number of ether oxygens (including phenoxy) is 2. The highest BCUT2D eigenvalue weighted by molar-refractivity contribution is 7.80. The molecule has 0 bridgehead atoms. The summed E-state index contributed by atoms with van der Waals surface area (Å²) in [6.45, 7) is 6.30. The van der Waals surface area contributed by atoms with Crippen molar-refractivity contribution in [2.45, 2.75) is 146 Å². The third-order valence-electron chi connectivity index (χ3n) is 12.7. The first-order valence-corrected chi connectivity index (χ1v) is 21.0. The lowest BCUT2D eigenvalue weighted by atomic mass is 9.73. The van der Waals surface area contributed by atoms with E-state index < -0.39 is 17.2 Å². The van der Waals surface area contributed by atoms with Gasteiger partial charge in [0, 0.05) is 49.0 Å². The summed E-state index contributed by atoms with van der Waals surface area (Å²) in [5.41, 5.74) is 0.407. The van der Waals surface area contributed by atoms with Gasteiger partial charge in [-0.25, -0.2) is 4.98 Å². The third kappa shape index (κ3) is 11.0. The lowest BCUT2D eigenvalue weighted by Gasteiger charge is -2.44. The number of alkyl halides is 1. The Kier molecular flexibility index (Phi) is 15.6. The fraction of sp³-hybridized carbons (Fsp3) is 0.868. The number of hydrogen-bond donors (Lipinski definition) is 6. The molecule has 9 unspecified atom stereocenters. The number of methoxy groups -OCH3 is 1. The molecule has 0 aromatic carbocycles. The molecular weight excluding hydrogens is 717 g/mol. The van der Waals surface area contributed by atoms with Crippen LogP contribution in [0.1, 0.15) is 101 Å². The van der Waals surface area contributed by atoms with Gasteiger partial charge in [0.15, 0.2) is 13.7 Å². The Bertz CT molecular complexity index is 1420. The molecular formula is C38H63BClN5O7S. The number of aromatic nitrogens is 2. The number of piperidine rings is 1. The summed E-state index contributed by atoms with van der Waals surface area (Å²) < 4.78 is 13.9. The summed E-state index contributed by atoms with van der Waals surface area (Å²) in [4.78, 5) is 32.7. The van der Waals surface area contributed by atoms with Gasteiger partial charge in [0.05, 0.1) is 30.4 Å². The normalized spacial score (nSPS) is 33.6. The molecule has 2 radical (unpaired) electrons. The number of halogens is 1. The summed E-state index contributed by atoms with van der Waals surface area (Å²) in [5.74, 6) is -1.53. The minimum absolute atomic E-state index is 0.0156. The van der Waals surface area contributed by atoms with Crippen LogP contribution >= 0.6 is 24.2 Å². The summed E-state index contributed by atoms with van der Waals surface area (Å²) in [5, 5.41) is 38.3. The molecule has 0 amide bonds. The second kappa shape index (κ2) is 19.3. The molecule has 2 aliphatic heterocycles. The van der Waals surface area contributed by atoms with Crippen LogP contribution in [0, 0.1) is 30.1 Å². The molecule has 9 atom stereocenters. The number of rotatable bonds is 12. The van der Waals surface area contributed by atoms with Gasteiger partial charge in [-0.2, -0.15) is 12.6 Å². The molecule has 2 aliphatic carbocycles. The van der Waals surface area contributed by atoms with Crippen molar-refractivity contribution in [1.82, 2.24) is 25.1 Å². The predicted octanol–water partition coefficient (Wildman–Crippen LogP) is 3.19. The zero-order valence-corrected chi connectivity index (χ0v) is 33.6. The Labute approximate surface area is 327 Å². The first-order chi connectivity index (χ1) is 25.2. The molecule has 5 N–H and O–H groups in total. The van der Waals surface area contributed by atoms with Crippen molar-refractivity contribution < 1.29 is 29.6 Å². The lowest BCUT2D eigenvalue weighted by Crippen LogP contribution is -2.58. The molecule has 4 aliphatic rings. The van der Waals surface area contributed by atoms with Crippen LogP contribution in [0.15, 0.2) is 4.79 Å². The van der Waals surface area contributed by atoms with Crippen LogP contribution in [0.3, 0.4) is 0 Å². The fourth-order valence-electron chi connectivity index (χ4n) is 9.52. The Balaban J connectivity index is 1.25. The van der Waals surface area contributed by atoms with Crippen molar-refractivity contribution in [2.24, 2.45) is 23.2 Å². The van der Waals surface area contributed by atoms with E-state index in [0.717, 1.165) is 76.4 Å². The molecule has 3 fully saturated rings. The topological polar surface area (TPSA) is 158 Å². The summed E-state index contributed by atoms with van der Waals surface area (Å²) >= 11 is 11.3. The number of aliphatic carboxylic acids is 1. The van der Waals surface area contributed by atoms with Crippen molar-refractivity contribution >= 4 is 38.0 Å². The molecule has 1 aromatic heterocycles. The van der Waals surface area contributed by atoms with E-state index in [-0.39, 0.29) is 47.2 Å². The number of thiol groups is 1. The third-order valence-corrected chi connectivity index (χ3v) is 13.7. The standard InChI is InChI=1S/C38H63BClN5O7S/c1-24-17-27(7-5-4-6-13-37(23-53,22-42-24)36(47)48)30-19-28(40)8-11-33(30)52-16-15-44-25(2)43-32-10-9-29(20-31(32)35(44)46)45(38(39,49)50)21-26-12-14-41-34(18-26)51-3/h24,26-30,33-34,41-42,49-50,53H,4-23H2,1-3H3,(H,47,48). The predicted molar refractivity (Wildman–Crippen MR) is 209 cm³/mol. The molecule has 1 saturated carbocycles. The minimum Gasteiger partial charge on any atom is -0.481 e. The van der Waals surface area contributed by atoms with Gasteiger partial charge in [-0.1, -0.05) is 25.7 Å². The van der Waals surface area contributed by atoms with Crippen LogP contribution in [-0.2, 0) is 33.7 Å². The van der Waals surface area contributed by atoms with Crippen LogP contribution in [-0.4, -0.2) is 118 Å². The molecule has 298 valence electrons. The number of hydrogen-bond acceptors (Lipinski definition) is 11. The Hall–Kier alpha value is -1.23. The maximum atomic E-state index is 14.1. The van der Waals surface area contributed by atoms with E-state index in [1.54, 1.807) is 16.6 Å². The first kappa shape index (κ1) is 42.9. The average molecular weight is 780 g/mol. The van der Waals surface area contributed by atoms with E-state index in [0.29, 0.717) is 75.0 Å². The van der Waals surface area contributed by atoms with Crippen molar-refractivity contribution in [1.29, 1.82) is 0 Å². The number of aliphatic hydroxyl groups is 2. The molecule has 5 rings (SSSR count). The number of carbonyl (C=O) groups is 1. The number of nitrogens with zero attached hydrogens (tertiary/aromatic N) is 3. The molecule has 0 spiro atoms. The SMILES string of the molecule is [B]C(O)(O)N(CC1CCNC(OC)C1)C1CCc2nc(C)n(CCOC3CCC(Cl)CC3C3CCCCCC(CS)(C(=O)O)CNC(C)C3)c(=O)c2C1. The quantitative estimate of drug-likeness (QED) is 0.0802. The van der Waals surface area contributed by atoms with Gasteiger partial charge >= 0.3 is 5.97 Å². The summed E-state index contributed by atoms with van der Waals surface area (Å²) in [7, 11) is 7.59. The highest BCUT2D eigenvalue weighted by atomic mass is 35.5. The van der Waals surface area contributed by atoms with Crippen molar-refractivity contribution in [2.75, 3.05) is 39.1 Å². The van der Waals surface area contributed by atoms with Gasteiger partial charge in [0.1, 0.15) is 12.1 Å². The van der Waals surface area contributed by atoms with Crippen molar-refractivity contribution in [3.8, 4) is 0 Å². The van der Waals surface area contributed by atoms with Gasteiger partial charge in [-0.15, -0.1) is 11.6 Å². The van der Waals surface area contributed by atoms with Gasteiger partial charge in [-0.3, -0.25) is 24.4 Å². The molecule has 53 heavy (non-hydrogen) atoms. The van der Waals surface area contributed by atoms with E-state index in [1.807, 2.05) is 6.92 Å². The smallest absolute Gasteiger partial charge is 0.311 e. The number of aryl methyl sites for hydroxylation is 2. The Morgan fingerprint density at radius 1 is 1.15 bits per heavy atom. The molecule has 3 heterocycles. The number of fused-ring (bicyclic) bond motifs is 1. The molecule has 12 nitrogen and oxygen atoms in total. The largest absolute Gasteiger partial charge is 0.481 e. The number of carboxylic acid groups (broad SMARTS) is 1. The van der Waals surface area contributed by atoms with Gasteiger partial charge in [-0.05, 0) is 102 Å². The highest BCUT2D eigenvalue weighted by Gasteiger charge is 2.41. The second-order valence-corrected chi connectivity index (χ2v) is 17.4. The molecule has 15 heteroatoms. The van der Waals surface area contributed by atoms with Crippen LogP contribution in [0.4, 0.5) is 0 Å². The van der Waals surface area contributed by atoms with E-state index in [1.165, 1.54) is 0 Å². The summed E-state index contributed by atoms with van der Waals surface area (Å²) in [6.07, 6.45) is 11.1. The van der Waals surface area contributed by atoms with E-state index in [9.17, 15) is 24.9 Å².